The molecule has 3 aromatic rings. The van der Waals surface area contributed by atoms with E-state index in [0.717, 1.165) is 75.0 Å². The van der Waals surface area contributed by atoms with Crippen LogP contribution in [0.3, 0.4) is 0 Å². The van der Waals surface area contributed by atoms with Crippen molar-refractivity contribution in [1.82, 2.24) is 25.1 Å². The molecule has 0 aliphatic carbocycles. The number of anilines is 3. The number of hydrogen-bond acceptors (Lipinski definition) is 8. The van der Waals surface area contributed by atoms with E-state index < -0.39 is 0 Å². The predicted octanol–water partition coefficient (Wildman–Crippen LogP) is 2.54. The summed E-state index contributed by atoms with van der Waals surface area (Å²) in [7, 11) is 2.13. The molecule has 5 rings (SSSR count). The van der Waals surface area contributed by atoms with Gasteiger partial charge in [0, 0.05) is 56.8 Å². The Morgan fingerprint density at radius 2 is 1.59 bits per heavy atom. The predicted molar refractivity (Wildman–Crippen MR) is 133 cm³/mol. The Labute approximate surface area is 199 Å². The van der Waals surface area contributed by atoms with Crippen LogP contribution in [0.25, 0.3) is 11.3 Å². The van der Waals surface area contributed by atoms with Crippen molar-refractivity contribution in [2.45, 2.75) is 12.8 Å². The highest BCUT2D eigenvalue weighted by Crippen LogP contribution is 2.25. The summed E-state index contributed by atoms with van der Waals surface area (Å²) in [5, 5.41) is 11.8. The van der Waals surface area contributed by atoms with Crippen molar-refractivity contribution in [1.29, 1.82) is 0 Å². The van der Waals surface area contributed by atoms with Crippen molar-refractivity contribution < 1.29 is 4.79 Å². The summed E-state index contributed by atoms with van der Waals surface area (Å²) in [5.74, 6) is 2.26. The number of aromatic nitrogens is 4. The molecule has 1 amide bonds. The fourth-order valence-corrected chi connectivity index (χ4v) is 4.48. The van der Waals surface area contributed by atoms with Crippen LogP contribution in [0.5, 0.6) is 0 Å². The van der Waals surface area contributed by atoms with Crippen LogP contribution >= 0.6 is 0 Å². The Hall–Kier alpha value is -3.59. The highest BCUT2D eigenvalue weighted by Gasteiger charge is 2.26. The van der Waals surface area contributed by atoms with E-state index in [9.17, 15) is 4.79 Å². The van der Waals surface area contributed by atoms with Gasteiger partial charge in [-0.3, -0.25) is 4.79 Å². The lowest BCUT2D eigenvalue weighted by Crippen LogP contribution is -2.44. The van der Waals surface area contributed by atoms with E-state index in [1.54, 1.807) is 0 Å². The molecule has 2 saturated heterocycles. The van der Waals surface area contributed by atoms with Crippen molar-refractivity contribution in [2.75, 3.05) is 61.4 Å². The molecule has 0 radical (unpaired) electrons. The van der Waals surface area contributed by atoms with Gasteiger partial charge in [-0.15, -0.1) is 10.2 Å². The lowest BCUT2D eigenvalue weighted by atomic mass is 9.96. The van der Waals surface area contributed by atoms with Gasteiger partial charge in [0.05, 0.1) is 5.69 Å². The highest BCUT2D eigenvalue weighted by atomic mass is 16.2. The normalized spacial score (nSPS) is 17.6. The molecule has 9 heteroatoms. The minimum Gasteiger partial charge on any atom is -0.355 e. The van der Waals surface area contributed by atoms with Crippen LogP contribution in [0.15, 0.2) is 54.9 Å². The fourth-order valence-electron chi connectivity index (χ4n) is 4.48. The number of nitrogens with one attached hydrogen (secondary N) is 1. The third-order valence-electron chi connectivity index (χ3n) is 6.64. The Morgan fingerprint density at radius 1 is 0.853 bits per heavy atom. The molecule has 1 N–H and O–H groups in total. The van der Waals surface area contributed by atoms with Crippen LogP contribution in [-0.2, 0) is 4.79 Å². The monoisotopic (exact) mass is 458 g/mol. The molecule has 4 heterocycles. The molecule has 1 aromatic carbocycles. The standard InChI is InChI=1S/C25H30N8O/c1-31-13-15-33(16-14-31)24-17-22(26-18-27-24)28-25(34)20-9-11-32(12-10-20)23-8-7-21(29-30-23)19-5-3-2-4-6-19/h2-8,17-18,20H,9-16H2,1H3,(H,26,27,28,34). The SMILES string of the molecule is CN1CCN(c2cc(NC(=O)C3CCN(c4ccc(-c5ccccc5)nn4)CC3)ncn2)CC1. The molecular formula is C25H30N8O. The molecule has 0 atom stereocenters. The van der Waals surface area contributed by atoms with Crippen LogP contribution in [0.2, 0.25) is 0 Å². The fraction of sp³-hybridized carbons (Fsp3) is 0.400. The zero-order valence-electron chi connectivity index (χ0n) is 19.5. The van der Waals surface area contributed by atoms with Crippen molar-refractivity contribution in [3.63, 3.8) is 0 Å². The average Bonchev–Trinajstić information content (AvgIpc) is 2.90. The zero-order chi connectivity index (χ0) is 23.3. The second-order valence-corrected chi connectivity index (χ2v) is 8.95. The lowest BCUT2D eigenvalue weighted by Gasteiger charge is -2.33. The second kappa shape index (κ2) is 10.1. The van der Waals surface area contributed by atoms with Crippen molar-refractivity contribution >= 4 is 23.4 Å². The van der Waals surface area contributed by atoms with Crippen LogP contribution in [0.1, 0.15) is 12.8 Å². The van der Waals surface area contributed by atoms with Gasteiger partial charge in [-0.05, 0) is 32.0 Å². The van der Waals surface area contributed by atoms with E-state index >= 15 is 0 Å². The van der Waals surface area contributed by atoms with Crippen molar-refractivity contribution in [2.24, 2.45) is 5.92 Å². The van der Waals surface area contributed by atoms with E-state index in [-0.39, 0.29) is 11.8 Å². The third kappa shape index (κ3) is 5.14. The minimum atomic E-state index is -0.0464. The van der Waals surface area contributed by atoms with Crippen LogP contribution in [0.4, 0.5) is 17.5 Å². The van der Waals surface area contributed by atoms with E-state index in [2.05, 4.69) is 47.2 Å². The maximum atomic E-state index is 12.9. The summed E-state index contributed by atoms with van der Waals surface area (Å²) in [4.78, 5) is 28.3. The number of piperidine rings is 1. The van der Waals surface area contributed by atoms with Gasteiger partial charge in [-0.2, -0.15) is 0 Å². The number of carbonyl (C=O) groups excluding carboxylic acids is 1. The smallest absolute Gasteiger partial charge is 0.228 e. The van der Waals surface area contributed by atoms with Crippen LogP contribution < -0.4 is 15.1 Å². The maximum absolute atomic E-state index is 12.9. The number of nitrogens with zero attached hydrogens (tertiary/aromatic N) is 7. The molecule has 0 unspecified atom stereocenters. The van der Waals surface area contributed by atoms with Gasteiger partial charge in [0.25, 0.3) is 0 Å². The number of carbonyl (C=O) groups is 1. The molecule has 0 spiro atoms. The molecule has 9 nitrogen and oxygen atoms in total. The molecule has 2 fully saturated rings. The summed E-state index contributed by atoms with van der Waals surface area (Å²) in [6.45, 7) is 5.40. The second-order valence-electron chi connectivity index (χ2n) is 8.95. The number of likely N-dealkylation sites (N-methyl/N-ethyl adjacent to an activating group) is 1. The number of rotatable bonds is 5. The molecule has 2 aromatic heterocycles. The first-order chi connectivity index (χ1) is 16.7. The number of amides is 1. The summed E-state index contributed by atoms with van der Waals surface area (Å²) < 4.78 is 0. The first kappa shape index (κ1) is 22.2. The number of piperazine rings is 1. The summed E-state index contributed by atoms with van der Waals surface area (Å²) >= 11 is 0. The highest BCUT2D eigenvalue weighted by molar-refractivity contribution is 5.92. The number of benzene rings is 1. The van der Waals surface area contributed by atoms with Gasteiger partial charge in [0.15, 0.2) is 5.82 Å². The molecule has 176 valence electrons. The summed E-state index contributed by atoms with van der Waals surface area (Å²) in [5.41, 5.74) is 1.91. The van der Waals surface area contributed by atoms with Crippen molar-refractivity contribution in [3.8, 4) is 11.3 Å². The largest absolute Gasteiger partial charge is 0.355 e. The van der Waals surface area contributed by atoms with E-state index in [1.165, 1.54) is 6.33 Å². The summed E-state index contributed by atoms with van der Waals surface area (Å²) in [6.07, 6.45) is 3.07. The van der Waals surface area contributed by atoms with E-state index in [1.807, 2.05) is 48.5 Å². The third-order valence-corrected chi connectivity index (χ3v) is 6.64. The average molecular weight is 459 g/mol. The molecule has 34 heavy (non-hydrogen) atoms. The van der Waals surface area contributed by atoms with Gasteiger partial charge < -0.3 is 20.0 Å². The Morgan fingerprint density at radius 3 is 2.29 bits per heavy atom. The minimum absolute atomic E-state index is 0.0215. The van der Waals surface area contributed by atoms with E-state index in [4.69, 9.17) is 0 Å². The van der Waals surface area contributed by atoms with E-state index in [0.29, 0.717) is 5.82 Å². The quantitative estimate of drug-likeness (QED) is 0.624. The lowest BCUT2D eigenvalue weighted by molar-refractivity contribution is -0.120. The Bertz CT molecular complexity index is 1090. The zero-order valence-corrected chi connectivity index (χ0v) is 19.5. The first-order valence-corrected chi connectivity index (χ1v) is 11.9. The molecule has 0 bridgehead atoms. The Balaban J connectivity index is 1.15. The van der Waals surface area contributed by atoms with Gasteiger partial charge in [-0.1, -0.05) is 30.3 Å². The number of hydrogen-bond donors (Lipinski definition) is 1. The molecule has 2 aliphatic heterocycles. The van der Waals surface area contributed by atoms with Crippen LogP contribution in [-0.4, -0.2) is 77.3 Å². The Kier molecular flexibility index (Phi) is 6.62. The van der Waals surface area contributed by atoms with Crippen molar-refractivity contribution in [3.05, 3.63) is 54.9 Å². The molecule has 2 aliphatic rings. The van der Waals surface area contributed by atoms with Gasteiger partial charge in [0.2, 0.25) is 5.91 Å². The van der Waals surface area contributed by atoms with Gasteiger partial charge >= 0.3 is 0 Å². The molecular weight excluding hydrogens is 428 g/mol. The summed E-state index contributed by atoms with van der Waals surface area (Å²) in [6, 6.07) is 15.9. The van der Waals surface area contributed by atoms with Gasteiger partial charge in [-0.25, -0.2) is 9.97 Å². The molecule has 0 saturated carbocycles. The van der Waals surface area contributed by atoms with Gasteiger partial charge in [0.1, 0.15) is 18.0 Å². The van der Waals surface area contributed by atoms with Crippen LogP contribution in [0, 0.1) is 5.92 Å². The first-order valence-electron chi connectivity index (χ1n) is 11.9. The topological polar surface area (TPSA) is 90.4 Å². The maximum Gasteiger partial charge on any atom is 0.228 e.